The van der Waals surface area contributed by atoms with Gasteiger partial charge in [0.25, 0.3) is 5.91 Å². The molecule has 2 aliphatic carbocycles. The van der Waals surface area contributed by atoms with Crippen molar-refractivity contribution in [3.05, 3.63) is 76.0 Å². The third kappa shape index (κ3) is 3.33. The van der Waals surface area contributed by atoms with E-state index in [0.717, 1.165) is 37.1 Å². The molecular weight excluding hydrogens is 384 g/mol. The van der Waals surface area contributed by atoms with Crippen LogP contribution in [0.25, 0.3) is 0 Å². The Morgan fingerprint density at radius 3 is 2.66 bits per heavy atom. The molecule has 0 unspecified atom stereocenters. The monoisotopic (exact) mass is 406 g/mol. The van der Waals surface area contributed by atoms with E-state index in [1.165, 1.54) is 30.7 Å². The summed E-state index contributed by atoms with van der Waals surface area (Å²) in [5.41, 5.74) is 4.17. The van der Waals surface area contributed by atoms with Crippen molar-refractivity contribution >= 4 is 23.3 Å². The number of hydrogen-bond donors (Lipinski definition) is 2. The number of hydrogen-bond acceptors (Lipinski definition) is 3. The second-order valence-corrected chi connectivity index (χ2v) is 8.49. The van der Waals surface area contributed by atoms with Crippen molar-refractivity contribution in [2.24, 2.45) is 0 Å². The lowest BCUT2D eigenvalue weighted by molar-refractivity contribution is 0.102. The summed E-state index contributed by atoms with van der Waals surface area (Å²) in [4.78, 5) is 25.5. The molecule has 2 aromatic heterocycles. The van der Waals surface area contributed by atoms with Gasteiger partial charge in [-0.3, -0.25) is 4.79 Å². The van der Waals surface area contributed by atoms with Crippen molar-refractivity contribution in [3.8, 4) is 0 Å². The molecule has 5 nitrogen and oxygen atoms in total. The summed E-state index contributed by atoms with van der Waals surface area (Å²) < 4.78 is 0. The maximum Gasteiger partial charge on any atom is 0.256 e. The predicted molar refractivity (Wildman–Crippen MR) is 114 cm³/mol. The summed E-state index contributed by atoms with van der Waals surface area (Å²) >= 11 is 5.98. The summed E-state index contributed by atoms with van der Waals surface area (Å²) in [6, 6.07) is 10.8. The number of benzene rings is 1. The fourth-order valence-corrected chi connectivity index (χ4v) is 4.63. The lowest BCUT2D eigenvalue weighted by Gasteiger charge is -2.40. The van der Waals surface area contributed by atoms with Crippen LogP contribution in [0.3, 0.4) is 0 Å². The van der Waals surface area contributed by atoms with E-state index >= 15 is 0 Å². The van der Waals surface area contributed by atoms with E-state index in [-0.39, 0.29) is 11.3 Å². The SMILES string of the molecule is O=C(Nc1ccc(C2(c3nc4c([nH]3)CCCC4)CCC2)cn1)c1cccc(Cl)c1. The van der Waals surface area contributed by atoms with Crippen molar-refractivity contribution in [3.63, 3.8) is 0 Å². The number of carbonyl (C=O) groups excluding carboxylic acids is 1. The van der Waals surface area contributed by atoms with Gasteiger partial charge in [-0.1, -0.05) is 30.2 Å². The van der Waals surface area contributed by atoms with E-state index in [1.807, 2.05) is 12.3 Å². The van der Waals surface area contributed by atoms with E-state index in [2.05, 4.69) is 21.4 Å². The van der Waals surface area contributed by atoms with Gasteiger partial charge in [-0.05, 0) is 68.4 Å². The number of H-pyrrole nitrogens is 1. The molecular formula is C23H23ClN4O. The molecule has 5 rings (SSSR count). The molecule has 3 aromatic rings. The van der Waals surface area contributed by atoms with Crippen LogP contribution in [-0.4, -0.2) is 20.9 Å². The van der Waals surface area contributed by atoms with Crippen molar-refractivity contribution in [1.82, 2.24) is 15.0 Å². The summed E-state index contributed by atoms with van der Waals surface area (Å²) in [6.07, 6.45) is 9.88. The molecule has 1 amide bonds. The van der Waals surface area contributed by atoms with Crippen LogP contribution in [0.1, 0.15) is 65.2 Å². The topological polar surface area (TPSA) is 70.7 Å². The van der Waals surface area contributed by atoms with E-state index in [0.29, 0.717) is 16.4 Å². The average Bonchev–Trinajstić information content (AvgIpc) is 3.12. The molecule has 2 N–H and O–H groups in total. The van der Waals surface area contributed by atoms with Crippen LogP contribution in [-0.2, 0) is 18.3 Å². The van der Waals surface area contributed by atoms with Gasteiger partial charge in [0, 0.05) is 22.5 Å². The van der Waals surface area contributed by atoms with Gasteiger partial charge in [-0.15, -0.1) is 0 Å². The molecule has 1 saturated carbocycles. The molecule has 0 bridgehead atoms. The minimum absolute atomic E-state index is 0.0696. The van der Waals surface area contributed by atoms with Crippen LogP contribution >= 0.6 is 11.6 Å². The quantitative estimate of drug-likeness (QED) is 0.636. The van der Waals surface area contributed by atoms with Crippen LogP contribution in [0.2, 0.25) is 5.02 Å². The third-order valence-electron chi connectivity index (χ3n) is 6.26. The van der Waals surface area contributed by atoms with E-state index < -0.39 is 0 Å². The standard InChI is InChI=1S/C23H23ClN4O/c24-17-6-3-5-15(13-17)21(29)28-20-10-9-16(14-25-20)23(11-4-12-23)22-26-18-7-1-2-8-19(18)27-22/h3,5-6,9-10,13-14H,1-2,4,7-8,11-12H2,(H,26,27)(H,25,28,29). The van der Waals surface area contributed by atoms with Gasteiger partial charge >= 0.3 is 0 Å². The molecule has 2 aliphatic rings. The Morgan fingerprint density at radius 2 is 1.97 bits per heavy atom. The Morgan fingerprint density at radius 1 is 1.10 bits per heavy atom. The van der Waals surface area contributed by atoms with Gasteiger partial charge in [0.15, 0.2) is 0 Å². The minimum atomic E-state index is -0.218. The first-order valence-corrected chi connectivity index (χ1v) is 10.6. The second-order valence-electron chi connectivity index (χ2n) is 8.05. The highest BCUT2D eigenvalue weighted by Gasteiger charge is 2.43. The highest BCUT2D eigenvalue weighted by atomic mass is 35.5. The van der Waals surface area contributed by atoms with Gasteiger partial charge in [0.2, 0.25) is 0 Å². The summed E-state index contributed by atoms with van der Waals surface area (Å²) in [7, 11) is 0. The molecule has 29 heavy (non-hydrogen) atoms. The molecule has 1 fully saturated rings. The van der Waals surface area contributed by atoms with Gasteiger partial charge in [0.05, 0.1) is 11.1 Å². The zero-order valence-corrected chi connectivity index (χ0v) is 16.9. The van der Waals surface area contributed by atoms with E-state index in [9.17, 15) is 4.79 Å². The fourth-order valence-electron chi connectivity index (χ4n) is 4.44. The second kappa shape index (κ2) is 7.30. The third-order valence-corrected chi connectivity index (χ3v) is 6.49. The molecule has 0 atom stereocenters. The first-order valence-electron chi connectivity index (χ1n) is 10.3. The number of fused-ring (bicyclic) bond motifs is 1. The average molecular weight is 407 g/mol. The number of halogens is 1. The predicted octanol–water partition coefficient (Wildman–Crippen LogP) is 5.06. The number of aryl methyl sites for hydroxylation is 2. The first kappa shape index (κ1) is 18.4. The molecule has 0 spiro atoms. The number of aromatic nitrogens is 3. The van der Waals surface area contributed by atoms with Gasteiger partial charge < -0.3 is 10.3 Å². The molecule has 0 saturated heterocycles. The Balaban J connectivity index is 1.37. The van der Waals surface area contributed by atoms with E-state index in [1.54, 1.807) is 24.3 Å². The summed E-state index contributed by atoms with van der Waals surface area (Å²) in [5.74, 6) is 1.41. The summed E-state index contributed by atoms with van der Waals surface area (Å²) in [6.45, 7) is 0. The van der Waals surface area contributed by atoms with Crippen LogP contribution < -0.4 is 5.32 Å². The molecule has 1 aromatic carbocycles. The van der Waals surface area contributed by atoms with Gasteiger partial charge in [-0.2, -0.15) is 0 Å². The van der Waals surface area contributed by atoms with Crippen LogP contribution in [0, 0.1) is 0 Å². The van der Waals surface area contributed by atoms with Crippen molar-refractivity contribution in [1.29, 1.82) is 0 Å². The van der Waals surface area contributed by atoms with Gasteiger partial charge in [0.1, 0.15) is 11.6 Å². The smallest absolute Gasteiger partial charge is 0.256 e. The number of imidazole rings is 1. The maximum absolute atomic E-state index is 12.4. The number of rotatable bonds is 4. The minimum Gasteiger partial charge on any atom is -0.345 e. The molecule has 6 heteroatoms. The van der Waals surface area contributed by atoms with Crippen LogP contribution in [0.15, 0.2) is 42.6 Å². The number of aromatic amines is 1. The summed E-state index contributed by atoms with van der Waals surface area (Å²) in [5, 5.41) is 3.38. The zero-order chi connectivity index (χ0) is 19.8. The highest BCUT2D eigenvalue weighted by molar-refractivity contribution is 6.31. The Hall–Kier alpha value is -2.66. The largest absolute Gasteiger partial charge is 0.345 e. The lowest BCUT2D eigenvalue weighted by atomic mass is 9.64. The molecule has 148 valence electrons. The normalized spacial score (nSPS) is 17.3. The molecule has 0 aliphatic heterocycles. The van der Waals surface area contributed by atoms with Crippen LogP contribution in [0.5, 0.6) is 0 Å². The van der Waals surface area contributed by atoms with Crippen molar-refractivity contribution in [2.45, 2.75) is 50.4 Å². The van der Waals surface area contributed by atoms with E-state index in [4.69, 9.17) is 16.6 Å². The number of nitrogens with zero attached hydrogens (tertiary/aromatic N) is 2. The molecule has 0 radical (unpaired) electrons. The zero-order valence-electron chi connectivity index (χ0n) is 16.2. The number of pyridine rings is 1. The number of nitrogens with one attached hydrogen (secondary N) is 2. The van der Waals surface area contributed by atoms with Gasteiger partial charge in [-0.25, -0.2) is 9.97 Å². The number of anilines is 1. The number of amides is 1. The fraction of sp³-hybridized carbons (Fsp3) is 0.348. The lowest BCUT2D eigenvalue weighted by Crippen LogP contribution is -2.36. The Labute approximate surface area is 174 Å². The van der Waals surface area contributed by atoms with Crippen LogP contribution in [0.4, 0.5) is 5.82 Å². The van der Waals surface area contributed by atoms with Crippen molar-refractivity contribution < 1.29 is 4.79 Å². The Bertz CT molecular complexity index is 1030. The molecule has 2 heterocycles. The van der Waals surface area contributed by atoms with Crippen molar-refractivity contribution in [2.75, 3.05) is 5.32 Å². The maximum atomic E-state index is 12.4. The highest BCUT2D eigenvalue weighted by Crippen LogP contribution is 2.48. The number of carbonyl (C=O) groups is 1. The first-order chi connectivity index (χ1) is 14.1. The Kier molecular flexibility index (Phi) is 4.63.